The first-order chi connectivity index (χ1) is 13.7. The SMILES string of the molecule is C[C@@H]1CN(S(=O)(=O)c2cccc(C(=O)N(C)Cc3cccc(Cl)c3)c2)C[C@@H](C)O1. The minimum absolute atomic E-state index is 0.112. The van der Waals surface area contributed by atoms with E-state index in [4.69, 9.17) is 16.3 Å². The number of nitrogens with zero attached hydrogens (tertiary/aromatic N) is 2. The summed E-state index contributed by atoms with van der Waals surface area (Å²) >= 11 is 6.01. The monoisotopic (exact) mass is 436 g/mol. The van der Waals surface area contributed by atoms with E-state index in [-0.39, 0.29) is 23.0 Å². The lowest BCUT2D eigenvalue weighted by Crippen LogP contribution is -2.48. The van der Waals surface area contributed by atoms with Crippen molar-refractivity contribution < 1.29 is 17.9 Å². The summed E-state index contributed by atoms with van der Waals surface area (Å²) in [5, 5.41) is 0.602. The Balaban J connectivity index is 1.80. The molecule has 0 N–H and O–H groups in total. The molecular formula is C21H25ClN2O4S. The van der Waals surface area contributed by atoms with Gasteiger partial charge in [0, 0.05) is 37.3 Å². The second-order valence-corrected chi connectivity index (χ2v) is 9.77. The number of halogens is 1. The lowest BCUT2D eigenvalue weighted by molar-refractivity contribution is -0.0440. The van der Waals surface area contributed by atoms with Gasteiger partial charge in [0.25, 0.3) is 5.91 Å². The molecule has 1 fully saturated rings. The molecule has 8 heteroatoms. The highest BCUT2D eigenvalue weighted by atomic mass is 35.5. The van der Waals surface area contributed by atoms with Crippen LogP contribution >= 0.6 is 11.6 Å². The molecule has 0 radical (unpaired) electrons. The van der Waals surface area contributed by atoms with Gasteiger partial charge in [0.1, 0.15) is 0 Å². The second-order valence-electron chi connectivity index (χ2n) is 7.40. The zero-order valence-electron chi connectivity index (χ0n) is 16.7. The number of carbonyl (C=O) groups excluding carboxylic acids is 1. The van der Waals surface area contributed by atoms with Gasteiger partial charge in [-0.15, -0.1) is 0 Å². The Morgan fingerprint density at radius 2 is 1.79 bits per heavy atom. The van der Waals surface area contributed by atoms with Gasteiger partial charge in [-0.1, -0.05) is 29.8 Å². The van der Waals surface area contributed by atoms with Gasteiger partial charge < -0.3 is 9.64 Å². The van der Waals surface area contributed by atoms with Gasteiger partial charge in [0.15, 0.2) is 0 Å². The Morgan fingerprint density at radius 1 is 1.14 bits per heavy atom. The highest BCUT2D eigenvalue weighted by Gasteiger charge is 2.32. The number of ether oxygens (including phenoxy) is 1. The Kier molecular flexibility index (Phi) is 6.63. The highest BCUT2D eigenvalue weighted by molar-refractivity contribution is 7.89. The number of hydrogen-bond donors (Lipinski definition) is 0. The van der Waals surface area contributed by atoms with Crippen molar-refractivity contribution in [1.82, 2.24) is 9.21 Å². The molecule has 2 aromatic carbocycles. The van der Waals surface area contributed by atoms with Crippen molar-refractivity contribution in [3.8, 4) is 0 Å². The highest BCUT2D eigenvalue weighted by Crippen LogP contribution is 2.22. The molecule has 0 saturated carbocycles. The van der Waals surface area contributed by atoms with Crippen LogP contribution in [-0.2, 0) is 21.3 Å². The average Bonchev–Trinajstić information content (AvgIpc) is 2.66. The summed E-state index contributed by atoms with van der Waals surface area (Å²) in [6.07, 6.45) is -0.357. The normalized spacial score (nSPS) is 20.4. The van der Waals surface area contributed by atoms with Gasteiger partial charge in [-0.2, -0.15) is 4.31 Å². The first kappa shape index (κ1) is 21.8. The van der Waals surface area contributed by atoms with E-state index >= 15 is 0 Å². The summed E-state index contributed by atoms with van der Waals surface area (Å²) in [7, 11) is -2.03. The summed E-state index contributed by atoms with van der Waals surface area (Å²) in [6.45, 7) is 4.65. The summed E-state index contributed by atoms with van der Waals surface area (Å²) in [5.41, 5.74) is 1.22. The van der Waals surface area contributed by atoms with Crippen LogP contribution in [0.25, 0.3) is 0 Å². The van der Waals surface area contributed by atoms with Crippen molar-refractivity contribution in [3.63, 3.8) is 0 Å². The van der Waals surface area contributed by atoms with E-state index in [0.29, 0.717) is 30.2 Å². The molecule has 3 rings (SSSR count). The van der Waals surface area contributed by atoms with Crippen LogP contribution in [0.15, 0.2) is 53.4 Å². The fourth-order valence-electron chi connectivity index (χ4n) is 3.47. The van der Waals surface area contributed by atoms with Crippen LogP contribution in [0.4, 0.5) is 0 Å². The number of benzene rings is 2. The number of hydrogen-bond acceptors (Lipinski definition) is 4. The Hall–Kier alpha value is -1.93. The molecule has 1 saturated heterocycles. The smallest absolute Gasteiger partial charge is 0.253 e. The molecule has 156 valence electrons. The van der Waals surface area contributed by atoms with E-state index in [2.05, 4.69) is 0 Å². The summed E-state index contributed by atoms with van der Waals surface area (Å²) in [6, 6.07) is 13.5. The van der Waals surface area contributed by atoms with E-state index < -0.39 is 10.0 Å². The minimum atomic E-state index is -3.71. The van der Waals surface area contributed by atoms with Gasteiger partial charge in [-0.25, -0.2) is 8.42 Å². The molecule has 0 aromatic heterocycles. The molecular weight excluding hydrogens is 412 g/mol. The van der Waals surface area contributed by atoms with Crippen molar-refractivity contribution in [2.24, 2.45) is 0 Å². The van der Waals surface area contributed by atoms with Crippen molar-refractivity contribution >= 4 is 27.5 Å². The molecule has 2 aromatic rings. The molecule has 29 heavy (non-hydrogen) atoms. The molecule has 0 spiro atoms. The molecule has 0 unspecified atom stereocenters. The molecule has 1 aliphatic rings. The summed E-state index contributed by atoms with van der Waals surface area (Å²) in [5.74, 6) is -0.259. The van der Waals surface area contributed by atoms with E-state index in [1.807, 2.05) is 26.0 Å². The van der Waals surface area contributed by atoms with Crippen LogP contribution in [0.2, 0.25) is 5.02 Å². The number of rotatable bonds is 5. The first-order valence-electron chi connectivity index (χ1n) is 9.42. The zero-order valence-corrected chi connectivity index (χ0v) is 18.3. The number of sulfonamides is 1. The Morgan fingerprint density at radius 3 is 2.45 bits per heavy atom. The van der Waals surface area contributed by atoms with Gasteiger partial charge in [0.05, 0.1) is 17.1 Å². The molecule has 0 bridgehead atoms. The summed E-state index contributed by atoms with van der Waals surface area (Å²) in [4.78, 5) is 14.5. The standard InChI is InChI=1S/C21H25ClN2O4S/c1-15-12-24(13-16(2)28-15)29(26,27)20-9-5-7-18(11-20)21(25)23(3)14-17-6-4-8-19(22)10-17/h4-11,15-16H,12-14H2,1-3H3/t15-,16-/m1/s1. The van der Waals surface area contributed by atoms with Crippen LogP contribution in [0.3, 0.4) is 0 Å². The predicted octanol–water partition coefficient (Wildman–Crippen LogP) is 3.41. The fourth-order valence-corrected chi connectivity index (χ4v) is 5.32. The molecule has 1 amide bonds. The fraction of sp³-hybridized carbons (Fsp3) is 0.381. The zero-order chi connectivity index (χ0) is 21.2. The maximum absolute atomic E-state index is 13.1. The van der Waals surface area contributed by atoms with E-state index in [1.165, 1.54) is 21.3 Å². The van der Waals surface area contributed by atoms with Gasteiger partial charge in [-0.3, -0.25) is 4.79 Å². The quantitative estimate of drug-likeness (QED) is 0.720. The van der Waals surface area contributed by atoms with Crippen LogP contribution in [0, 0.1) is 0 Å². The van der Waals surface area contributed by atoms with Crippen LogP contribution in [-0.4, -0.2) is 55.9 Å². The number of carbonyl (C=O) groups is 1. The number of amides is 1. The lowest BCUT2D eigenvalue weighted by atomic mass is 10.1. The van der Waals surface area contributed by atoms with Gasteiger partial charge >= 0.3 is 0 Å². The van der Waals surface area contributed by atoms with Crippen LogP contribution in [0.5, 0.6) is 0 Å². The molecule has 6 nitrogen and oxygen atoms in total. The minimum Gasteiger partial charge on any atom is -0.373 e. The van der Waals surface area contributed by atoms with Crippen molar-refractivity contribution in [2.45, 2.75) is 37.5 Å². The van der Waals surface area contributed by atoms with Crippen LogP contribution < -0.4 is 0 Å². The largest absolute Gasteiger partial charge is 0.373 e. The molecule has 0 aliphatic carbocycles. The van der Waals surface area contributed by atoms with E-state index in [9.17, 15) is 13.2 Å². The maximum atomic E-state index is 13.1. The number of morpholine rings is 1. The lowest BCUT2D eigenvalue weighted by Gasteiger charge is -2.34. The van der Waals surface area contributed by atoms with Gasteiger partial charge in [-0.05, 0) is 49.7 Å². The molecule has 1 aliphatic heterocycles. The predicted molar refractivity (Wildman–Crippen MR) is 112 cm³/mol. The van der Waals surface area contributed by atoms with Crippen molar-refractivity contribution in [2.75, 3.05) is 20.1 Å². The molecule has 2 atom stereocenters. The van der Waals surface area contributed by atoms with Crippen molar-refractivity contribution in [1.29, 1.82) is 0 Å². The molecule has 1 heterocycles. The topological polar surface area (TPSA) is 66.9 Å². The van der Waals surface area contributed by atoms with E-state index in [1.54, 1.807) is 31.3 Å². The second kappa shape index (κ2) is 8.83. The average molecular weight is 437 g/mol. The third kappa shape index (κ3) is 5.17. The third-order valence-electron chi connectivity index (χ3n) is 4.76. The summed E-state index contributed by atoms with van der Waals surface area (Å²) < 4.78 is 33.2. The van der Waals surface area contributed by atoms with Gasteiger partial charge in [0.2, 0.25) is 10.0 Å². The Labute approximate surface area is 177 Å². The first-order valence-corrected chi connectivity index (χ1v) is 11.2. The van der Waals surface area contributed by atoms with E-state index in [0.717, 1.165) is 5.56 Å². The van der Waals surface area contributed by atoms with Crippen molar-refractivity contribution in [3.05, 3.63) is 64.7 Å². The Bertz CT molecular complexity index is 986. The maximum Gasteiger partial charge on any atom is 0.253 e. The van der Waals surface area contributed by atoms with Crippen LogP contribution in [0.1, 0.15) is 29.8 Å². The third-order valence-corrected chi connectivity index (χ3v) is 6.82.